The van der Waals surface area contributed by atoms with Gasteiger partial charge in [-0.1, -0.05) is 29.8 Å². The van der Waals surface area contributed by atoms with E-state index < -0.39 is 22.1 Å². The van der Waals surface area contributed by atoms with Crippen molar-refractivity contribution in [2.45, 2.75) is 24.5 Å². The first-order valence-corrected chi connectivity index (χ1v) is 10.9. The third-order valence-electron chi connectivity index (χ3n) is 4.33. The van der Waals surface area contributed by atoms with E-state index in [0.29, 0.717) is 42.6 Å². The molecular weight excluding hydrogens is 418 g/mol. The van der Waals surface area contributed by atoms with Gasteiger partial charge in [0.2, 0.25) is 10.0 Å². The predicted molar refractivity (Wildman–Crippen MR) is 107 cm³/mol. The normalized spacial score (nSPS) is 16.2. The number of esters is 1. The Balaban J connectivity index is 1.60. The molecule has 1 fully saturated rings. The lowest BCUT2D eigenvalue weighted by molar-refractivity contribution is -0.152. The summed E-state index contributed by atoms with van der Waals surface area (Å²) in [6, 6.07) is 13.1. The summed E-state index contributed by atoms with van der Waals surface area (Å²) in [5.74, 6) is -0.105. The number of carbonyl (C=O) groups is 1. The third kappa shape index (κ3) is 5.70. The van der Waals surface area contributed by atoms with Crippen LogP contribution in [0.4, 0.5) is 0 Å². The van der Waals surface area contributed by atoms with Crippen molar-refractivity contribution < 1.29 is 27.4 Å². The van der Waals surface area contributed by atoms with E-state index in [2.05, 4.69) is 0 Å². The van der Waals surface area contributed by atoms with Gasteiger partial charge in [0.05, 0.1) is 18.1 Å². The van der Waals surface area contributed by atoms with E-state index in [1.807, 2.05) is 0 Å². The van der Waals surface area contributed by atoms with E-state index in [4.69, 9.17) is 25.8 Å². The van der Waals surface area contributed by atoms with Gasteiger partial charge in [-0.3, -0.25) is 0 Å². The first-order chi connectivity index (χ1) is 13.9. The highest BCUT2D eigenvalue weighted by Crippen LogP contribution is 2.20. The number of benzene rings is 2. The second-order valence-electron chi connectivity index (χ2n) is 6.49. The van der Waals surface area contributed by atoms with E-state index in [1.165, 1.54) is 16.4 Å². The van der Waals surface area contributed by atoms with Crippen LogP contribution in [0.5, 0.6) is 5.75 Å². The van der Waals surface area contributed by atoms with Crippen LogP contribution in [-0.4, -0.2) is 51.1 Å². The van der Waals surface area contributed by atoms with Crippen LogP contribution in [0.3, 0.4) is 0 Å². The fourth-order valence-corrected chi connectivity index (χ4v) is 4.46. The highest BCUT2D eigenvalue weighted by atomic mass is 35.5. The average molecular weight is 440 g/mol. The molecule has 0 radical (unpaired) electrons. The van der Waals surface area contributed by atoms with Gasteiger partial charge in [-0.2, -0.15) is 4.31 Å². The molecule has 1 unspecified atom stereocenters. The zero-order valence-electron chi connectivity index (χ0n) is 15.9. The summed E-state index contributed by atoms with van der Waals surface area (Å²) in [4.78, 5) is 12.4. The van der Waals surface area contributed by atoms with Crippen LogP contribution in [0.2, 0.25) is 5.02 Å². The first-order valence-electron chi connectivity index (χ1n) is 9.12. The molecule has 0 saturated carbocycles. The van der Waals surface area contributed by atoms with Crippen molar-refractivity contribution in [2.75, 3.05) is 26.3 Å². The minimum absolute atomic E-state index is 0.0610. The largest absolute Gasteiger partial charge is 0.479 e. The van der Waals surface area contributed by atoms with E-state index in [9.17, 15) is 13.2 Å². The molecule has 2 aromatic rings. The monoisotopic (exact) mass is 439 g/mol. The number of ether oxygens (including phenoxy) is 3. The number of nitrogens with zero attached hydrogens (tertiary/aromatic N) is 1. The van der Waals surface area contributed by atoms with E-state index >= 15 is 0 Å². The minimum atomic E-state index is -3.61. The molecule has 0 N–H and O–H groups in total. The number of sulfonamides is 1. The van der Waals surface area contributed by atoms with Crippen molar-refractivity contribution in [1.82, 2.24) is 4.31 Å². The molecule has 1 aliphatic heterocycles. The van der Waals surface area contributed by atoms with Crippen LogP contribution in [0.25, 0.3) is 0 Å². The molecule has 1 heterocycles. The molecule has 0 aliphatic carbocycles. The van der Waals surface area contributed by atoms with Gasteiger partial charge in [-0.05, 0) is 42.8 Å². The lowest BCUT2D eigenvalue weighted by atomic mass is 10.2. The van der Waals surface area contributed by atoms with Crippen molar-refractivity contribution in [3.63, 3.8) is 0 Å². The lowest BCUT2D eigenvalue weighted by Crippen LogP contribution is -2.40. The average Bonchev–Trinajstić information content (AvgIpc) is 2.73. The van der Waals surface area contributed by atoms with Gasteiger partial charge < -0.3 is 14.2 Å². The summed E-state index contributed by atoms with van der Waals surface area (Å²) in [7, 11) is -3.61. The van der Waals surface area contributed by atoms with Crippen molar-refractivity contribution in [3.8, 4) is 5.75 Å². The minimum Gasteiger partial charge on any atom is -0.479 e. The van der Waals surface area contributed by atoms with E-state index in [1.54, 1.807) is 43.3 Å². The maximum atomic E-state index is 12.7. The summed E-state index contributed by atoms with van der Waals surface area (Å²) in [5.41, 5.74) is 0.572. The second kappa shape index (κ2) is 9.58. The molecule has 9 heteroatoms. The number of hydrogen-bond donors (Lipinski definition) is 0. The highest BCUT2D eigenvalue weighted by molar-refractivity contribution is 7.89. The fourth-order valence-electron chi connectivity index (χ4n) is 2.80. The molecule has 1 aliphatic rings. The Morgan fingerprint density at radius 2 is 1.90 bits per heavy atom. The third-order valence-corrected chi connectivity index (χ3v) is 6.46. The smallest absolute Gasteiger partial charge is 0.347 e. The molecule has 1 atom stereocenters. The summed E-state index contributed by atoms with van der Waals surface area (Å²) in [6.45, 7) is 2.90. The maximum absolute atomic E-state index is 12.7. The quantitative estimate of drug-likeness (QED) is 0.617. The van der Waals surface area contributed by atoms with Crippen LogP contribution in [-0.2, 0) is 30.9 Å². The molecular formula is C20H22ClNO6S. The first kappa shape index (κ1) is 21.6. The Labute approximate surface area is 175 Å². The fraction of sp³-hybridized carbons (Fsp3) is 0.350. The van der Waals surface area contributed by atoms with Crippen molar-refractivity contribution in [1.29, 1.82) is 0 Å². The maximum Gasteiger partial charge on any atom is 0.347 e. The van der Waals surface area contributed by atoms with E-state index in [0.717, 1.165) is 0 Å². The number of halogens is 1. The van der Waals surface area contributed by atoms with Crippen LogP contribution in [0.15, 0.2) is 53.4 Å². The molecule has 3 rings (SSSR count). The molecule has 2 aromatic carbocycles. The Morgan fingerprint density at radius 3 is 2.62 bits per heavy atom. The van der Waals surface area contributed by atoms with Gasteiger partial charge in [0, 0.05) is 18.1 Å². The molecule has 0 amide bonds. The summed E-state index contributed by atoms with van der Waals surface area (Å²) >= 11 is 5.90. The number of carbonyl (C=O) groups excluding carboxylic acids is 1. The van der Waals surface area contributed by atoms with Gasteiger partial charge >= 0.3 is 5.97 Å². The van der Waals surface area contributed by atoms with E-state index in [-0.39, 0.29) is 11.5 Å². The number of morpholine rings is 1. The van der Waals surface area contributed by atoms with Crippen LogP contribution in [0.1, 0.15) is 12.5 Å². The Kier molecular flexibility index (Phi) is 7.13. The predicted octanol–water partition coefficient (Wildman–Crippen LogP) is 2.87. The number of hydrogen-bond acceptors (Lipinski definition) is 6. The van der Waals surface area contributed by atoms with Crippen molar-refractivity contribution in [3.05, 3.63) is 59.1 Å². The standard InChI is InChI=1S/C20H22ClNO6S/c1-15(28-18-6-3-5-17(21)13-18)20(23)27-14-16-4-2-7-19(12-16)29(24,25)22-8-10-26-11-9-22/h2-7,12-13,15H,8-11,14H2,1H3. The Bertz CT molecular complexity index is 959. The zero-order chi connectivity index (χ0) is 20.9. The van der Waals surface area contributed by atoms with Crippen LogP contribution >= 0.6 is 11.6 Å². The molecule has 7 nitrogen and oxygen atoms in total. The SMILES string of the molecule is CC(Oc1cccc(Cl)c1)C(=O)OCc1cccc(S(=O)(=O)N2CCOCC2)c1. The Morgan fingerprint density at radius 1 is 1.17 bits per heavy atom. The summed E-state index contributed by atoms with van der Waals surface area (Å²) < 4.78 is 42.9. The topological polar surface area (TPSA) is 82.1 Å². The van der Waals surface area contributed by atoms with Gasteiger partial charge in [-0.25, -0.2) is 13.2 Å². The second-order valence-corrected chi connectivity index (χ2v) is 8.86. The molecule has 0 aromatic heterocycles. The van der Waals surface area contributed by atoms with Crippen LogP contribution in [0, 0.1) is 0 Å². The van der Waals surface area contributed by atoms with Gasteiger partial charge in [0.1, 0.15) is 12.4 Å². The molecule has 156 valence electrons. The molecule has 1 saturated heterocycles. The summed E-state index contributed by atoms with van der Waals surface area (Å²) in [5, 5.41) is 0.501. The highest BCUT2D eigenvalue weighted by Gasteiger charge is 2.26. The van der Waals surface area contributed by atoms with Gasteiger partial charge in [0.25, 0.3) is 0 Å². The lowest BCUT2D eigenvalue weighted by Gasteiger charge is -2.26. The molecule has 29 heavy (non-hydrogen) atoms. The number of rotatable bonds is 7. The van der Waals surface area contributed by atoms with Crippen LogP contribution < -0.4 is 4.74 Å². The van der Waals surface area contributed by atoms with Crippen molar-refractivity contribution >= 4 is 27.6 Å². The summed E-state index contributed by atoms with van der Waals surface area (Å²) in [6.07, 6.45) is -0.839. The molecule has 0 spiro atoms. The molecule has 0 bridgehead atoms. The zero-order valence-corrected chi connectivity index (χ0v) is 17.5. The van der Waals surface area contributed by atoms with Crippen molar-refractivity contribution in [2.24, 2.45) is 0 Å². The van der Waals surface area contributed by atoms with Gasteiger partial charge in [0.15, 0.2) is 6.10 Å². The van der Waals surface area contributed by atoms with Gasteiger partial charge in [-0.15, -0.1) is 0 Å². The Hall–Kier alpha value is -2.13.